The van der Waals surface area contributed by atoms with Crippen LogP contribution in [0, 0.1) is 13.8 Å². The lowest BCUT2D eigenvalue weighted by molar-refractivity contribution is -0.115. The summed E-state index contributed by atoms with van der Waals surface area (Å²) < 4.78 is 0. The number of carbonyl (C=O) groups is 1. The van der Waals surface area contributed by atoms with Crippen LogP contribution in [-0.2, 0) is 11.2 Å². The normalized spacial score (nSPS) is 10.8. The molecule has 0 fully saturated rings. The number of carbonyl (C=O) groups excluding carboxylic acids is 1. The zero-order chi connectivity index (χ0) is 18.8. The van der Waals surface area contributed by atoms with Crippen LogP contribution in [0.5, 0.6) is 0 Å². The molecule has 0 unspecified atom stereocenters. The van der Waals surface area contributed by atoms with Gasteiger partial charge in [0.15, 0.2) is 0 Å². The molecule has 7 heteroatoms. The van der Waals surface area contributed by atoms with Gasteiger partial charge in [-0.05, 0) is 26.0 Å². The topological polar surface area (TPSA) is 68.0 Å². The monoisotopic (exact) mass is 405 g/mol. The van der Waals surface area contributed by atoms with Crippen LogP contribution in [0.3, 0.4) is 0 Å². The maximum Gasteiger partial charge on any atom is 0.229 e. The van der Waals surface area contributed by atoms with Gasteiger partial charge in [-0.2, -0.15) is 0 Å². The number of nitrogens with one attached hydrogen (secondary N) is 1. The molecule has 0 bridgehead atoms. The van der Waals surface area contributed by atoms with Crippen molar-refractivity contribution in [2.75, 3.05) is 11.1 Å². The summed E-state index contributed by atoms with van der Waals surface area (Å²) in [7, 11) is 0. The Morgan fingerprint density at radius 3 is 2.38 bits per heavy atom. The molecule has 134 valence electrons. The van der Waals surface area contributed by atoms with Crippen molar-refractivity contribution in [3.05, 3.63) is 61.9 Å². The SMILES string of the molecule is Cc1ccc(-c2nc(C)sc2CC(=O)Nc2cc(Cl)c(N)c(Cl)c2)cc1. The molecule has 0 aliphatic heterocycles. The van der Waals surface area contributed by atoms with Gasteiger partial charge in [-0.25, -0.2) is 4.98 Å². The van der Waals surface area contributed by atoms with E-state index in [0.717, 1.165) is 21.1 Å². The number of nitrogen functional groups attached to an aromatic ring is 1. The van der Waals surface area contributed by atoms with E-state index in [4.69, 9.17) is 28.9 Å². The van der Waals surface area contributed by atoms with Crippen LogP contribution in [0.1, 0.15) is 15.4 Å². The second-order valence-corrected chi connectivity index (χ2v) is 8.05. The van der Waals surface area contributed by atoms with Crippen molar-refractivity contribution in [3.8, 4) is 11.3 Å². The van der Waals surface area contributed by atoms with Crippen LogP contribution in [0.2, 0.25) is 10.0 Å². The van der Waals surface area contributed by atoms with Crippen molar-refractivity contribution < 1.29 is 4.79 Å². The fraction of sp³-hybridized carbons (Fsp3) is 0.158. The van der Waals surface area contributed by atoms with Crippen molar-refractivity contribution in [2.45, 2.75) is 20.3 Å². The predicted molar refractivity (Wildman–Crippen MR) is 110 cm³/mol. The Kier molecular flexibility index (Phi) is 5.51. The Balaban J connectivity index is 1.81. The summed E-state index contributed by atoms with van der Waals surface area (Å²) in [5.41, 5.74) is 9.55. The van der Waals surface area contributed by atoms with E-state index in [1.807, 2.05) is 38.1 Å². The third-order valence-electron chi connectivity index (χ3n) is 3.81. The first kappa shape index (κ1) is 18.7. The van der Waals surface area contributed by atoms with E-state index < -0.39 is 0 Å². The lowest BCUT2D eigenvalue weighted by Gasteiger charge is -2.09. The first-order valence-corrected chi connectivity index (χ1v) is 9.48. The molecule has 3 N–H and O–H groups in total. The number of amides is 1. The Bertz CT molecular complexity index is 944. The van der Waals surface area contributed by atoms with Crippen LogP contribution < -0.4 is 11.1 Å². The van der Waals surface area contributed by atoms with Crippen LogP contribution in [-0.4, -0.2) is 10.9 Å². The lowest BCUT2D eigenvalue weighted by Crippen LogP contribution is -2.14. The number of halogens is 2. The summed E-state index contributed by atoms with van der Waals surface area (Å²) in [6.07, 6.45) is 0.217. The number of aryl methyl sites for hydroxylation is 2. The molecule has 4 nitrogen and oxygen atoms in total. The number of nitrogens with zero attached hydrogens (tertiary/aromatic N) is 1. The number of aromatic nitrogens is 1. The van der Waals surface area contributed by atoms with E-state index in [1.165, 1.54) is 16.9 Å². The van der Waals surface area contributed by atoms with Crippen molar-refractivity contribution in [1.82, 2.24) is 4.98 Å². The number of hydrogen-bond acceptors (Lipinski definition) is 4. The van der Waals surface area contributed by atoms with Gasteiger partial charge in [-0.3, -0.25) is 4.79 Å². The highest BCUT2D eigenvalue weighted by atomic mass is 35.5. The maximum atomic E-state index is 12.5. The summed E-state index contributed by atoms with van der Waals surface area (Å²) in [5.74, 6) is -0.168. The van der Waals surface area contributed by atoms with Crippen molar-refractivity contribution >= 4 is 51.8 Å². The Hall–Kier alpha value is -2.08. The molecule has 0 aliphatic rings. The number of benzene rings is 2. The molecule has 1 amide bonds. The second-order valence-electron chi connectivity index (χ2n) is 5.95. The molecule has 0 spiro atoms. The van der Waals surface area contributed by atoms with Gasteiger partial charge in [-0.1, -0.05) is 53.0 Å². The van der Waals surface area contributed by atoms with E-state index in [0.29, 0.717) is 21.4 Å². The van der Waals surface area contributed by atoms with Gasteiger partial charge in [0.25, 0.3) is 0 Å². The summed E-state index contributed by atoms with van der Waals surface area (Å²) in [5, 5.41) is 4.34. The largest absolute Gasteiger partial charge is 0.396 e. The first-order valence-electron chi connectivity index (χ1n) is 7.91. The molecule has 2 aromatic carbocycles. The Morgan fingerprint density at radius 1 is 1.15 bits per heavy atom. The zero-order valence-corrected chi connectivity index (χ0v) is 16.6. The summed E-state index contributed by atoms with van der Waals surface area (Å²) >= 11 is 13.5. The van der Waals surface area contributed by atoms with Crippen molar-refractivity contribution in [1.29, 1.82) is 0 Å². The predicted octanol–water partition coefficient (Wildman–Crippen LogP) is 5.50. The quantitative estimate of drug-likeness (QED) is 0.563. The summed E-state index contributed by atoms with van der Waals surface area (Å²) in [6.45, 7) is 3.97. The van der Waals surface area contributed by atoms with Gasteiger partial charge in [0.05, 0.1) is 32.9 Å². The molecular formula is C19H17Cl2N3OS. The highest BCUT2D eigenvalue weighted by Crippen LogP contribution is 2.32. The van der Waals surface area contributed by atoms with E-state index in [1.54, 1.807) is 12.1 Å². The van der Waals surface area contributed by atoms with Gasteiger partial charge in [-0.15, -0.1) is 11.3 Å². The Labute approximate surface area is 166 Å². The van der Waals surface area contributed by atoms with Crippen LogP contribution in [0.15, 0.2) is 36.4 Å². The minimum absolute atomic E-state index is 0.168. The third-order valence-corrected chi connectivity index (χ3v) is 5.41. The van der Waals surface area contributed by atoms with Crippen LogP contribution in [0.25, 0.3) is 11.3 Å². The minimum atomic E-state index is -0.168. The molecule has 0 aliphatic carbocycles. The molecule has 3 aromatic rings. The average Bonchev–Trinajstić information content (AvgIpc) is 2.93. The molecule has 0 radical (unpaired) electrons. The number of nitrogens with two attached hydrogens (primary N) is 1. The van der Waals surface area contributed by atoms with Crippen LogP contribution >= 0.6 is 34.5 Å². The van der Waals surface area contributed by atoms with Gasteiger partial charge < -0.3 is 11.1 Å². The van der Waals surface area contributed by atoms with E-state index in [-0.39, 0.29) is 12.3 Å². The molecule has 0 saturated carbocycles. The second kappa shape index (κ2) is 7.66. The summed E-state index contributed by atoms with van der Waals surface area (Å²) in [4.78, 5) is 18.0. The molecule has 1 aromatic heterocycles. The zero-order valence-electron chi connectivity index (χ0n) is 14.3. The van der Waals surface area contributed by atoms with E-state index in [2.05, 4.69) is 10.3 Å². The average molecular weight is 406 g/mol. The third kappa shape index (κ3) is 4.18. The minimum Gasteiger partial charge on any atom is -0.396 e. The molecule has 0 saturated heterocycles. The van der Waals surface area contributed by atoms with Gasteiger partial charge in [0, 0.05) is 16.1 Å². The number of thiazole rings is 1. The Morgan fingerprint density at radius 2 is 1.77 bits per heavy atom. The molecular weight excluding hydrogens is 389 g/mol. The number of anilines is 2. The number of rotatable bonds is 4. The van der Waals surface area contributed by atoms with Crippen molar-refractivity contribution in [2.24, 2.45) is 0 Å². The molecule has 26 heavy (non-hydrogen) atoms. The first-order chi connectivity index (χ1) is 12.3. The lowest BCUT2D eigenvalue weighted by atomic mass is 10.1. The molecule has 1 heterocycles. The summed E-state index contributed by atoms with van der Waals surface area (Å²) in [6, 6.07) is 11.3. The standard InChI is InChI=1S/C19H17Cl2N3OS/c1-10-3-5-12(6-4-10)19-16(26-11(2)23-19)9-17(25)24-13-7-14(20)18(22)15(21)8-13/h3-8H,9,22H2,1-2H3,(H,24,25). The maximum absolute atomic E-state index is 12.5. The fourth-order valence-electron chi connectivity index (χ4n) is 2.53. The van der Waals surface area contributed by atoms with Gasteiger partial charge in [0.1, 0.15) is 0 Å². The molecule has 0 atom stereocenters. The smallest absolute Gasteiger partial charge is 0.229 e. The van der Waals surface area contributed by atoms with E-state index >= 15 is 0 Å². The van der Waals surface area contributed by atoms with Crippen LogP contribution in [0.4, 0.5) is 11.4 Å². The molecule has 3 rings (SSSR count). The van der Waals surface area contributed by atoms with Crippen molar-refractivity contribution in [3.63, 3.8) is 0 Å². The highest BCUT2D eigenvalue weighted by molar-refractivity contribution is 7.12. The van der Waals surface area contributed by atoms with E-state index in [9.17, 15) is 4.79 Å². The van der Waals surface area contributed by atoms with Gasteiger partial charge in [0.2, 0.25) is 5.91 Å². The highest BCUT2D eigenvalue weighted by Gasteiger charge is 2.15. The van der Waals surface area contributed by atoms with Gasteiger partial charge >= 0.3 is 0 Å². The fourth-order valence-corrected chi connectivity index (χ4v) is 3.98. The number of hydrogen-bond donors (Lipinski definition) is 2.